The molecule has 4 rings (SSSR count). The van der Waals surface area contributed by atoms with Crippen LogP contribution in [0.15, 0.2) is 0 Å². The molecule has 4 fully saturated rings. The summed E-state index contributed by atoms with van der Waals surface area (Å²) in [6.45, 7) is -0.180. The molecule has 4 aliphatic rings. The van der Waals surface area contributed by atoms with Crippen LogP contribution in [-0.4, -0.2) is 60.4 Å². The third kappa shape index (κ3) is 3.22. The van der Waals surface area contributed by atoms with Crippen LogP contribution in [0.2, 0.25) is 0 Å². The van der Waals surface area contributed by atoms with Crippen LogP contribution in [0.25, 0.3) is 0 Å². The summed E-state index contributed by atoms with van der Waals surface area (Å²) in [5.41, 5.74) is -0.278. The van der Waals surface area contributed by atoms with Gasteiger partial charge in [0, 0.05) is 5.41 Å². The van der Waals surface area contributed by atoms with Gasteiger partial charge in [-0.15, -0.1) is 0 Å². The van der Waals surface area contributed by atoms with Crippen molar-refractivity contribution in [3.05, 3.63) is 0 Å². The fourth-order valence-electron chi connectivity index (χ4n) is 4.87. The zero-order valence-corrected chi connectivity index (χ0v) is 12.2. The molecule has 0 saturated heterocycles. The number of halogens is 2. The number of hydrogen-bond donors (Lipinski definition) is 1. The number of esters is 1. The molecule has 5 nitrogen and oxygen atoms in total. The fraction of sp³-hybridized carbons (Fsp3) is 0.923. The van der Waals surface area contributed by atoms with Gasteiger partial charge < -0.3 is 4.74 Å². The first-order chi connectivity index (χ1) is 9.61. The van der Waals surface area contributed by atoms with E-state index in [2.05, 4.69) is 4.74 Å². The van der Waals surface area contributed by atoms with Crippen molar-refractivity contribution in [2.45, 2.75) is 43.8 Å². The van der Waals surface area contributed by atoms with Crippen molar-refractivity contribution < 1.29 is 31.3 Å². The van der Waals surface area contributed by atoms with Crippen LogP contribution in [-0.2, 0) is 19.6 Å². The first-order valence-electron chi connectivity index (χ1n) is 7.13. The predicted octanol–water partition coefficient (Wildman–Crippen LogP) is 1.58. The van der Waals surface area contributed by atoms with E-state index >= 15 is 0 Å². The second kappa shape index (κ2) is 5.95. The van der Waals surface area contributed by atoms with Crippen LogP contribution in [0, 0.1) is 23.2 Å². The maximum absolute atomic E-state index is 13.2. The normalized spacial score (nSPS) is 36.8. The van der Waals surface area contributed by atoms with Crippen LogP contribution < -0.4 is 0 Å². The fourth-order valence-corrected chi connectivity index (χ4v) is 5.14. The number of rotatable bonds is 4. The molecule has 0 aromatic carbocycles. The van der Waals surface area contributed by atoms with Gasteiger partial charge in [-0.1, -0.05) is 0 Å². The summed E-state index contributed by atoms with van der Waals surface area (Å²) in [5, 5.41) is -4.89. The quantitative estimate of drug-likeness (QED) is 0.474. The zero-order chi connectivity index (χ0) is 15.5. The minimum absolute atomic E-state index is 0. The molecule has 0 spiro atoms. The van der Waals surface area contributed by atoms with Gasteiger partial charge in [0.2, 0.25) is 0 Å². The number of hydrogen-bond acceptors (Lipinski definition) is 4. The monoisotopic (exact) mass is 348 g/mol. The zero-order valence-electron chi connectivity index (χ0n) is 11.4. The molecule has 0 atom stereocenters. The van der Waals surface area contributed by atoms with E-state index in [-0.39, 0.29) is 41.6 Å². The Morgan fingerprint density at radius 1 is 1.14 bits per heavy atom. The summed E-state index contributed by atoms with van der Waals surface area (Å²) in [5.74, 6) is -0.480. The first kappa shape index (κ1) is 18.6. The average molecular weight is 348 g/mol. The second-order valence-corrected chi connectivity index (χ2v) is 8.45. The van der Waals surface area contributed by atoms with Gasteiger partial charge in [0.05, 0.1) is 6.61 Å². The van der Waals surface area contributed by atoms with E-state index in [0.717, 1.165) is 38.5 Å². The average Bonchev–Trinajstić information content (AvgIpc) is 2.32. The SMILES string of the molecule is O=C(OCC12CC3CC(CC(C3)C1)C2)C(F)(F)S(=O)(=O)O.[NaH]. The number of carbonyl (C=O) groups excluding carboxylic acids is 1. The van der Waals surface area contributed by atoms with Crippen molar-refractivity contribution in [1.29, 1.82) is 0 Å². The number of carbonyl (C=O) groups is 1. The Bertz CT molecular complexity index is 527. The van der Waals surface area contributed by atoms with E-state index in [4.69, 9.17) is 4.55 Å². The summed E-state index contributed by atoms with van der Waals surface area (Å²) < 4.78 is 60.4. The van der Waals surface area contributed by atoms with Gasteiger partial charge in [-0.05, 0) is 56.3 Å². The van der Waals surface area contributed by atoms with Crippen molar-refractivity contribution >= 4 is 45.6 Å². The standard InChI is InChI=1S/C13H18F2O5S.Na.H/c14-13(15,21(17,18)19)11(16)20-7-12-4-8-1-9(5-12)3-10(2-8)6-12;;/h8-10H,1-7H2,(H,17,18,19);;. The molecular formula is C13H19F2NaO5S. The Morgan fingerprint density at radius 3 is 1.91 bits per heavy atom. The molecule has 9 heteroatoms. The van der Waals surface area contributed by atoms with Crippen molar-refractivity contribution in [2.24, 2.45) is 23.2 Å². The molecular weight excluding hydrogens is 329 g/mol. The molecule has 22 heavy (non-hydrogen) atoms. The van der Waals surface area contributed by atoms with Gasteiger partial charge >= 0.3 is 50.9 Å². The molecule has 122 valence electrons. The number of alkyl halides is 2. The van der Waals surface area contributed by atoms with Crippen LogP contribution >= 0.6 is 0 Å². The van der Waals surface area contributed by atoms with Gasteiger partial charge in [0.15, 0.2) is 0 Å². The Labute approximate surface area is 150 Å². The minimum atomic E-state index is -5.79. The third-order valence-electron chi connectivity index (χ3n) is 5.24. The molecule has 0 amide bonds. The summed E-state index contributed by atoms with van der Waals surface area (Å²) in [7, 11) is -5.79. The van der Waals surface area contributed by atoms with E-state index < -0.39 is 21.3 Å². The molecule has 0 aromatic heterocycles. The van der Waals surface area contributed by atoms with Crippen LogP contribution in [0.4, 0.5) is 8.78 Å². The molecule has 4 aliphatic carbocycles. The van der Waals surface area contributed by atoms with Crippen LogP contribution in [0.3, 0.4) is 0 Å². The van der Waals surface area contributed by atoms with Crippen LogP contribution in [0.5, 0.6) is 0 Å². The Morgan fingerprint density at radius 2 is 1.55 bits per heavy atom. The van der Waals surface area contributed by atoms with Gasteiger partial charge in [-0.25, -0.2) is 4.79 Å². The van der Waals surface area contributed by atoms with Crippen molar-refractivity contribution in [3.63, 3.8) is 0 Å². The summed E-state index contributed by atoms with van der Waals surface area (Å²) in [6.07, 6.45) is 6.04. The van der Waals surface area contributed by atoms with E-state index in [1.807, 2.05) is 0 Å². The third-order valence-corrected chi connectivity index (χ3v) is 6.05. The molecule has 0 aromatic rings. The van der Waals surface area contributed by atoms with Crippen molar-refractivity contribution in [2.75, 3.05) is 6.61 Å². The van der Waals surface area contributed by atoms with Gasteiger partial charge in [0.1, 0.15) is 0 Å². The van der Waals surface area contributed by atoms with Gasteiger partial charge in [-0.2, -0.15) is 17.2 Å². The Hall–Kier alpha value is 0.240. The summed E-state index contributed by atoms with van der Waals surface area (Å²) in [6, 6.07) is 0. The van der Waals surface area contributed by atoms with E-state index in [1.165, 1.54) is 0 Å². The molecule has 4 bridgehead atoms. The maximum atomic E-state index is 13.2. The van der Waals surface area contributed by atoms with E-state index in [1.54, 1.807) is 0 Å². The second-order valence-electron chi connectivity index (χ2n) is 6.99. The molecule has 0 unspecified atom stereocenters. The Balaban J connectivity index is 0.00000176. The molecule has 0 aliphatic heterocycles. The predicted molar refractivity (Wildman–Crippen MR) is 75.2 cm³/mol. The summed E-state index contributed by atoms with van der Waals surface area (Å²) >= 11 is 0. The van der Waals surface area contributed by atoms with Crippen molar-refractivity contribution in [3.8, 4) is 0 Å². The molecule has 1 N–H and O–H groups in total. The topological polar surface area (TPSA) is 80.7 Å². The van der Waals surface area contributed by atoms with E-state index in [9.17, 15) is 22.0 Å². The molecule has 0 radical (unpaired) electrons. The van der Waals surface area contributed by atoms with Crippen molar-refractivity contribution in [1.82, 2.24) is 0 Å². The molecule has 4 saturated carbocycles. The van der Waals surface area contributed by atoms with Crippen LogP contribution in [0.1, 0.15) is 38.5 Å². The first-order valence-corrected chi connectivity index (χ1v) is 8.57. The van der Waals surface area contributed by atoms with Gasteiger partial charge in [-0.3, -0.25) is 4.55 Å². The van der Waals surface area contributed by atoms with Gasteiger partial charge in [0.25, 0.3) is 0 Å². The molecule has 0 heterocycles. The number of ether oxygens (including phenoxy) is 1. The summed E-state index contributed by atoms with van der Waals surface area (Å²) in [4.78, 5) is 11.3. The van der Waals surface area contributed by atoms with E-state index in [0.29, 0.717) is 17.8 Å². The Kier molecular flexibility index (Phi) is 5.02.